The monoisotopic (exact) mass is 424 g/mol. The van der Waals surface area contributed by atoms with Gasteiger partial charge in [0.1, 0.15) is 0 Å². The van der Waals surface area contributed by atoms with Crippen molar-refractivity contribution in [1.82, 2.24) is 0 Å². The fourth-order valence-electron chi connectivity index (χ4n) is 4.70. The highest BCUT2D eigenvalue weighted by Gasteiger charge is 2.21. The Kier molecular flexibility index (Phi) is 10.5. The van der Waals surface area contributed by atoms with E-state index in [1.807, 2.05) is 0 Å². The van der Waals surface area contributed by atoms with Crippen molar-refractivity contribution in [2.45, 2.75) is 96.8 Å². The van der Waals surface area contributed by atoms with Crippen molar-refractivity contribution in [1.29, 1.82) is 0 Å². The van der Waals surface area contributed by atoms with Crippen LogP contribution in [-0.2, 0) is 0 Å². The molecule has 1 fully saturated rings. The molecule has 0 nitrogen and oxygen atoms in total. The lowest BCUT2D eigenvalue weighted by Gasteiger charge is -2.28. The quantitative estimate of drug-likeness (QED) is 0.293. The van der Waals surface area contributed by atoms with E-state index in [1.165, 1.54) is 76.2 Å². The topological polar surface area (TPSA) is 0 Å². The van der Waals surface area contributed by atoms with E-state index in [9.17, 15) is 0 Å². The molecule has 1 aliphatic rings. The van der Waals surface area contributed by atoms with Crippen molar-refractivity contribution < 1.29 is 0 Å². The molecule has 3 rings (SSSR count). The summed E-state index contributed by atoms with van der Waals surface area (Å²) in [6.07, 6.45) is 15.8. The maximum Gasteiger partial charge on any atom is 0.0249 e. The minimum absolute atomic E-state index is 0.746. The third-order valence-corrected chi connectivity index (χ3v) is 6.82. The maximum atomic E-state index is 3.33. The summed E-state index contributed by atoms with van der Waals surface area (Å²) in [6, 6.07) is 17.3. The number of unbranched alkanes of at least 4 members (excludes halogenated alkanes) is 5. The highest BCUT2D eigenvalue weighted by atomic mass is 14.3. The Balaban J connectivity index is 1.48. The molecule has 0 atom stereocenters. The van der Waals surface area contributed by atoms with Crippen LogP contribution in [0, 0.1) is 29.6 Å². The molecular formula is C32H40. The van der Waals surface area contributed by atoms with Crippen LogP contribution in [0.2, 0.25) is 0 Å². The molecule has 2 aromatic carbocycles. The maximum absolute atomic E-state index is 3.33. The third kappa shape index (κ3) is 8.24. The molecule has 0 saturated heterocycles. The van der Waals surface area contributed by atoms with Crippen molar-refractivity contribution in [3.05, 3.63) is 70.8 Å². The first-order valence-corrected chi connectivity index (χ1v) is 13.0. The summed E-state index contributed by atoms with van der Waals surface area (Å²) in [4.78, 5) is 0. The Hall–Kier alpha value is -2.44. The van der Waals surface area contributed by atoms with Gasteiger partial charge in [-0.1, -0.05) is 88.2 Å². The van der Waals surface area contributed by atoms with E-state index in [4.69, 9.17) is 0 Å². The number of hydrogen-bond acceptors (Lipinski definition) is 0. The highest BCUT2D eigenvalue weighted by molar-refractivity contribution is 5.46. The van der Waals surface area contributed by atoms with E-state index in [-0.39, 0.29) is 0 Å². The molecule has 0 bridgehead atoms. The molecule has 0 aromatic heterocycles. The van der Waals surface area contributed by atoms with Crippen LogP contribution < -0.4 is 0 Å². The summed E-state index contributed by atoms with van der Waals surface area (Å²) in [7, 11) is 0. The first kappa shape index (κ1) is 24.2. The van der Waals surface area contributed by atoms with Crippen molar-refractivity contribution in [3.63, 3.8) is 0 Å². The summed E-state index contributed by atoms with van der Waals surface area (Å²) >= 11 is 0. The van der Waals surface area contributed by atoms with Gasteiger partial charge in [-0.25, -0.2) is 0 Å². The lowest BCUT2D eigenvalue weighted by Crippen LogP contribution is -2.13. The second-order valence-electron chi connectivity index (χ2n) is 9.42. The van der Waals surface area contributed by atoms with E-state index >= 15 is 0 Å². The van der Waals surface area contributed by atoms with Crippen LogP contribution in [0.15, 0.2) is 48.5 Å². The fourth-order valence-corrected chi connectivity index (χ4v) is 4.70. The normalized spacial score (nSPS) is 17.7. The van der Waals surface area contributed by atoms with Crippen LogP contribution >= 0.6 is 0 Å². The molecule has 2 aromatic rings. The van der Waals surface area contributed by atoms with E-state index in [2.05, 4.69) is 86.1 Å². The third-order valence-electron chi connectivity index (χ3n) is 6.82. The van der Waals surface area contributed by atoms with Gasteiger partial charge in [0.2, 0.25) is 0 Å². The molecule has 0 unspecified atom stereocenters. The van der Waals surface area contributed by atoms with Crippen molar-refractivity contribution in [2.24, 2.45) is 5.92 Å². The summed E-state index contributed by atoms with van der Waals surface area (Å²) in [6.45, 7) is 4.54. The molecule has 0 radical (unpaired) electrons. The standard InChI is InChI=1S/C32H40/c1-3-5-7-8-9-10-12-28-13-15-29(16-14-28)17-18-30-21-25-32(26-22-30)31-23-19-27(20-24-31)11-6-4-2/h13-16,21-22,25-27,31H,3-9,11,19-20,23-24H2,1-2H3. The minimum Gasteiger partial charge on any atom is -0.0979 e. The largest absolute Gasteiger partial charge is 0.0979 e. The van der Waals surface area contributed by atoms with Crippen LogP contribution in [0.1, 0.15) is 119 Å². The Bertz CT molecular complexity index is 900. The van der Waals surface area contributed by atoms with E-state index in [1.54, 1.807) is 0 Å². The molecule has 0 amide bonds. The summed E-state index contributed by atoms with van der Waals surface area (Å²) < 4.78 is 0. The summed E-state index contributed by atoms with van der Waals surface area (Å²) in [5.74, 6) is 14.9. The second kappa shape index (κ2) is 13.9. The number of hydrogen-bond donors (Lipinski definition) is 0. The van der Waals surface area contributed by atoms with E-state index in [0.717, 1.165) is 34.9 Å². The fraction of sp³-hybridized carbons (Fsp3) is 0.500. The molecule has 0 spiro atoms. The van der Waals surface area contributed by atoms with Crippen molar-refractivity contribution >= 4 is 0 Å². The van der Waals surface area contributed by atoms with Gasteiger partial charge in [0.25, 0.3) is 0 Å². The van der Waals surface area contributed by atoms with Crippen molar-refractivity contribution in [3.8, 4) is 23.7 Å². The van der Waals surface area contributed by atoms with Gasteiger partial charge in [-0.2, -0.15) is 0 Å². The SMILES string of the molecule is CCCCCCC#Cc1ccc(C#Cc2ccc(C3CCC(CCCC)CC3)cc2)cc1. The molecule has 0 heterocycles. The highest BCUT2D eigenvalue weighted by Crippen LogP contribution is 2.37. The lowest BCUT2D eigenvalue weighted by atomic mass is 9.77. The first-order chi connectivity index (χ1) is 15.8. The molecule has 0 N–H and O–H groups in total. The second-order valence-corrected chi connectivity index (χ2v) is 9.42. The molecule has 1 saturated carbocycles. The van der Waals surface area contributed by atoms with Crippen LogP contribution in [0.3, 0.4) is 0 Å². The zero-order valence-electron chi connectivity index (χ0n) is 20.3. The average molecular weight is 425 g/mol. The molecule has 32 heavy (non-hydrogen) atoms. The van der Waals surface area contributed by atoms with E-state index < -0.39 is 0 Å². The zero-order chi connectivity index (χ0) is 22.4. The van der Waals surface area contributed by atoms with Gasteiger partial charge < -0.3 is 0 Å². The lowest BCUT2D eigenvalue weighted by molar-refractivity contribution is 0.304. The van der Waals surface area contributed by atoms with Gasteiger partial charge in [-0.3, -0.25) is 0 Å². The minimum atomic E-state index is 0.746. The van der Waals surface area contributed by atoms with Gasteiger partial charge in [-0.15, -0.1) is 0 Å². The van der Waals surface area contributed by atoms with Gasteiger partial charge in [-0.05, 0) is 85.9 Å². The van der Waals surface area contributed by atoms with Gasteiger partial charge in [0.05, 0.1) is 0 Å². The number of benzene rings is 2. The predicted molar refractivity (Wildman–Crippen MR) is 139 cm³/mol. The van der Waals surface area contributed by atoms with E-state index in [0.29, 0.717) is 0 Å². The van der Waals surface area contributed by atoms with Gasteiger partial charge in [0.15, 0.2) is 0 Å². The van der Waals surface area contributed by atoms with Gasteiger partial charge in [0, 0.05) is 23.1 Å². The zero-order valence-corrected chi connectivity index (χ0v) is 20.3. The van der Waals surface area contributed by atoms with Crippen LogP contribution in [-0.4, -0.2) is 0 Å². The Morgan fingerprint density at radius 3 is 1.78 bits per heavy atom. The average Bonchev–Trinajstić information content (AvgIpc) is 2.85. The van der Waals surface area contributed by atoms with Crippen LogP contribution in [0.5, 0.6) is 0 Å². The Labute approximate surface area is 197 Å². The Morgan fingerprint density at radius 1 is 0.625 bits per heavy atom. The van der Waals surface area contributed by atoms with Crippen LogP contribution in [0.25, 0.3) is 0 Å². The molecule has 0 aliphatic heterocycles. The van der Waals surface area contributed by atoms with Crippen molar-refractivity contribution in [2.75, 3.05) is 0 Å². The number of rotatable bonds is 8. The van der Waals surface area contributed by atoms with Gasteiger partial charge >= 0.3 is 0 Å². The predicted octanol–water partition coefficient (Wildman–Crippen LogP) is 8.87. The molecular weight excluding hydrogens is 384 g/mol. The summed E-state index contributed by atoms with van der Waals surface area (Å²) in [5.41, 5.74) is 4.73. The van der Waals surface area contributed by atoms with Crippen LogP contribution in [0.4, 0.5) is 0 Å². The smallest absolute Gasteiger partial charge is 0.0249 e. The molecule has 168 valence electrons. The Morgan fingerprint density at radius 2 is 1.19 bits per heavy atom. The summed E-state index contributed by atoms with van der Waals surface area (Å²) in [5, 5.41) is 0. The molecule has 0 heteroatoms. The molecule has 1 aliphatic carbocycles. The first-order valence-electron chi connectivity index (χ1n) is 13.0.